The van der Waals surface area contributed by atoms with Crippen molar-refractivity contribution in [2.75, 3.05) is 10.6 Å². The van der Waals surface area contributed by atoms with Crippen LogP contribution in [0.1, 0.15) is 39.5 Å². The Kier molecular flexibility index (Phi) is 6.83. The van der Waals surface area contributed by atoms with Crippen LogP contribution in [0, 0.1) is 13.8 Å². The highest BCUT2D eigenvalue weighted by atomic mass is 16.2. The zero-order chi connectivity index (χ0) is 21.5. The third-order valence-corrected chi connectivity index (χ3v) is 4.84. The molecule has 0 saturated carbocycles. The van der Waals surface area contributed by atoms with Gasteiger partial charge in [-0.15, -0.1) is 0 Å². The first-order valence-electron chi connectivity index (χ1n) is 9.76. The molecule has 0 radical (unpaired) electrons. The SMILES string of the molecule is Cc1ccc(NC(=O)NN)cc1.Cc1ccc2c(c1)C(=O)CC(c1ccccc1)N2. The van der Waals surface area contributed by atoms with Crippen molar-refractivity contribution in [2.45, 2.75) is 26.3 Å². The molecule has 1 aliphatic heterocycles. The van der Waals surface area contributed by atoms with Crippen molar-refractivity contribution in [2.24, 2.45) is 5.84 Å². The highest BCUT2D eigenvalue weighted by molar-refractivity contribution is 6.03. The lowest BCUT2D eigenvalue weighted by molar-refractivity contribution is 0.0972. The number of carbonyl (C=O) groups excluding carboxylic acids is 2. The first-order valence-corrected chi connectivity index (χ1v) is 9.76. The molecular weight excluding hydrogens is 376 g/mol. The van der Waals surface area contributed by atoms with Crippen molar-refractivity contribution in [1.82, 2.24) is 5.43 Å². The number of rotatable bonds is 2. The van der Waals surface area contributed by atoms with E-state index in [2.05, 4.69) is 22.8 Å². The molecule has 6 nitrogen and oxygen atoms in total. The van der Waals surface area contributed by atoms with Gasteiger partial charge in [-0.1, -0.05) is 59.7 Å². The molecule has 0 bridgehead atoms. The largest absolute Gasteiger partial charge is 0.377 e. The topological polar surface area (TPSA) is 96.2 Å². The number of aryl methyl sites for hydroxylation is 2. The van der Waals surface area contributed by atoms with Crippen LogP contribution in [0.15, 0.2) is 72.8 Å². The second-order valence-electron chi connectivity index (χ2n) is 7.25. The van der Waals surface area contributed by atoms with Gasteiger partial charge in [-0.3, -0.25) is 10.2 Å². The Morgan fingerprint density at radius 1 is 0.967 bits per heavy atom. The molecule has 6 heteroatoms. The van der Waals surface area contributed by atoms with Gasteiger partial charge < -0.3 is 10.6 Å². The number of nitrogens with one attached hydrogen (secondary N) is 3. The summed E-state index contributed by atoms with van der Waals surface area (Å²) in [5.74, 6) is 5.11. The van der Waals surface area contributed by atoms with Crippen molar-refractivity contribution in [3.8, 4) is 0 Å². The third kappa shape index (κ3) is 5.46. The van der Waals surface area contributed by atoms with Crippen molar-refractivity contribution in [3.05, 3.63) is 95.1 Å². The molecule has 0 aromatic heterocycles. The number of amides is 2. The molecule has 0 aliphatic carbocycles. The minimum absolute atomic E-state index is 0.0916. The van der Waals surface area contributed by atoms with Gasteiger partial charge in [0.05, 0.1) is 6.04 Å². The molecule has 2 amide bonds. The van der Waals surface area contributed by atoms with Crippen molar-refractivity contribution >= 4 is 23.2 Å². The van der Waals surface area contributed by atoms with E-state index >= 15 is 0 Å². The normalized spacial score (nSPS) is 14.5. The third-order valence-electron chi connectivity index (χ3n) is 4.84. The number of hydrogen-bond acceptors (Lipinski definition) is 4. The molecule has 30 heavy (non-hydrogen) atoms. The van der Waals surface area contributed by atoms with Gasteiger partial charge in [0.1, 0.15) is 0 Å². The van der Waals surface area contributed by atoms with Crippen LogP contribution in [0.2, 0.25) is 0 Å². The highest BCUT2D eigenvalue weighted by Crippen LogP contribution is 2.32. The number of ketones is 1. The van der Waals surface area contributed by atoms with Gasteiger partial charge in [0.15, 0.2) is 5.78 Å². The molecule has 0 saturated heterocycles. The molecule has 4 rings (SSSR count). The molecule has 0 fully saturated rings. The van der Waals surface area contributed by atoms with Crippen LogP contribution >= 0.6 is 0 Å². The van der Waals surface area contributed by atoms with Gasteiger partial charge in [0, 0.05) is 23.4 Å². The minimum atomic E-state index is -0.418. The van der Waals surface area contributed by atoms with E-state index in [1.807, 2.05) is 79.9 Å². The zero-order valence-corrected chi connectivity index (χ0v) is 17.1. The summed E-state index contributed by atoms with van der Waals surface area (Å²) in [6, 6.07) is 23.2. The van der Waals surface area contributed by atoms with E-state index in [1.165, 1.54) is 0 Å². The number of hydrazine groups is 1. The molecule has 5 N–H and O–H groups in total. The number of hydrogen-bond donors (Lipinski definition) is 4. The molecule has 1 unspecified atom stereocenters. The summed E-state index contributed by atoms with van der Waals surface area (Å²) in [5, 5.41) is 5.99. The quantitative estimate of drug-likeness (QED) is 0.283. The van der Waals surface area contributed by atoms with Crippen LogP contribution in [0.25, 0.3) is 0 Å². The smallest absolute Gasteiger partial charge is 0.333 e. The lowest BCUT2D eigenvalue weighted by Crippen LogP contribution is -2.34. The van der Waals surface area contributed by atoms with Crippen LogP contribution in [0.3, 0.4) is 0 Å². The summed E-state index contributed by atoms with van der Waals surface area (Å²) >= 11 is 0. The maximum atomic E-state index is 12.2. The van der Waals surface area contributed by atoms with E-state index in [-0.39, 0.29) is 11.8 Å². The van der Waals surface area contributed by atoms with Gasteiger partial charge in [0.25, 0.3) is 0 Å². The van der Waals surface area contributed by atoms with E-state index in [0.29, 0.717) is 6.42 Å². The maximum absolute atomic E-state index is 12.2. The van der Waals surface area contributed by atoms with E-state index < -0.39 is 6.03 Å². The number of benzene rings is 3. The Bertz CT molecular complexity index is 1020. The number of nitrogens with two attached hydrogens (primary N) is 1. The summed E-state index contributed by atoms with van der Waals surface area (Å²) in [5.41, 5.74) is 7.91. The zero-order valence-electron chi connectivity index (χ0n) is 17.1. The lowest BCUT2D eigenvalue weighted by Gasteiger charge is -2.26. The number of anilines is 2. The molecule has 0 spiro atoms. The molecule has 154 valence electrons. The van der Waals surface area contributed by atoms with E-state index in [0.717, 1.165) is 33.6 Å². The Morgan fingerprint density at radius 2 is 1.63 bits per heavy atom. The van der Waals surface area contributed by atoms with Gasteiger partial charge in [-0.2, -0.15) is 0 Å². The van der Waals surface area contributed by atoms with Crippen LogP contribution in [0.5, 0.6) is 0 Å². The standard InChI is InChI=1S/C16H15NO.C8H11N3O/c1-11-7-8-14-13(9-11)16(18)10-15(17-14)12-5-3-2-4-6-12;1-6-2-4-7(5-3-6)10-8(12)11-9/h2-9,15,17H,10H2,1H3;2-5H,9H2,1H3,(H2,10,11,12). The highest BCUT2D eigenvalue weighted by Gasteiger charge is 2.25. The van der Waals surface area contributed by atoms with Crippen LogP contribution < -0.4 is 21.9 Å². The number of urea groups is 1. The summed E-state index contributed by atoms with van der Waals surface area (Å²) < 4.78 is 0. The van der Waals surface area contributed by atoms with Crippen LogP contribution in [-0.4, -0.2) is 11.8 Å². The van der Waals surface area contributed by atoms with Crippen molar-refractivity contribution in [1.29, 1.82) is 0 Å². The summed E-state index contributed by atoms with van der Waals surface area (Å²) in [7, 11) is 0. The molecule has 1 aliphatic rings. The maximum Gasteiger partial charge on any atom is 0.333 e. The van der Waals surface area contributed by atoms with Crippen LogP contribution in [0.4, 0.5) is 16.2 Å². The Labute approximate surface area is 176 Å². The van der Waals surface area contributed by atoms with E-state index in [4.69, 9.17) is 5.84 Å². The van der Waals surface area contributed by atoms with E-state index in [9.17, 15) is 9.59 Å². The molecule has 3 aromatic rings. The van der Waals surface area contributed by atoms with Gasteiger partial charge in [0.2, 0.25) is 0 Å². The fourth-order valence-corrected chi connectivity index (χ4v) is 3.24. The number of carbonyl (C=O) groups is 2. The summed E-state index contributed by atoms with van der Waals surface area (Å²) in [4.78, 5) is 22.9. The lowest BCUT2D eigenvalue weighted by atomic mass is 9.91. The van der Waals surface area contributed by atoms with Gasteiger partial charge >= 0.3 is 6.03 Å². The van der Waals surface area contributed by atoms with Gasteiger partial charge in [-0.05, 0) is 43.7 Å². The Morgan fingerprint density at radius 3 is 2.30 bits per heavy atom. The van der Waals surface area contributed by atoms with Crippen LogP contribution in [-0.2, 0) is 0 Å². The molecule has 3 aromatic carbocycles. The second-order valence-corrected chi connectivity index (χ2v) is 7.25. The first-order chi connectivity index (χ1) is 14.5. The average Bonchev–Trinajstić information content (AvgIpc) is 2.76. The summed E-state index contributed by atoms with van der Waals surface area (Å²) in [6.07, 6.45) is 0.528. The van der Waals surface area contributed by atoms with E-state index in [1.54, 1.807) is 0 Å². The minimum Gasteiger partial charge on any atom is -0.377 e. The average molecular weight is 402 g/mol. The first kappa shape index (κ1) is 21.1. The second kappa shape index (κ2) is 9.71. The fourth-order valence-electron chi connectivity index (χ4n) is 3.24. The number of Topliss-reactive ketones (excluding diaryl/α,β-unsaturated/α-hetero) is 1. The fraction of sp³-hybridized carbons (Fsp3) is 0.167. The molecule has 1 atom stereocenters. The molecule has 1 heterocycles. The number of fused-ring (bicyclic) bond motifs is 1. The Balaban J connectivity index is 0.000000187. The van der Waals surface area contributed by atoms with Crippen molar-refractivity contribution in [3.63, 3.8) is 0 Å². The predicted molar refractivity (Wildman–Crippen MR) is 120 cm³/mol. The predicted octanol–water partition coefficient (Wildman–Crippen LogP) is 4.72. The van der Waals surface area contributed by atoms with Crippen molar-refractivity contribution < 1.29 is 9.59 Å². The monoisotopic (exact) mass is 402 g/mol. The summed E-state index contributed by atoms with van der Waals surface area (Å²) in [6.45, 7) is 3.99. The Hall–Kier alpha value is -3.64. The van der Waals surface area contributed by atoms with Gasteiger partial charge in [-0.25, -0.2) is 10.6 Å². The molecular formula is C24H26N4O2.